The lowest BCUT2D eigenvalue weighted by atomic mass is 9.59. The third-order valence-electron chi connectivity index (χ3n) is 14.6. The minimum atomic E-state index is -4.52. The lowest BCUT2D eigenvalue weighted by Gasteiger charge is -2.57. The first-order valence-corrected chi connectivity index (χ1v) is 27.4. The van der Waals surface area contributed by atoms with Gasteiger partial charge in [-0.15, -0.1) is 4.91 Å². The van der Waals surface area contributed by atoms with Crippen molar-refractivity contribution in [3.63, 3.8) is 0 Å². The maximum absolute atomic E-state index is 14.0. The number of rotatable bonds is 14. The normalized spacial score (nSPS) is 22.5. The Morgan fingerprint density at radius 3 is 2.45 bits per heavy atom. The van der Waals surface area contributed by atoms with E-state index in [1.54, 1.807) is 43.1 Å². The predicted octanol–water partition coefficient (Wildman–Crippen LogP) is 8.67. The smallest absolute Gasteiger partial charge is 0.268 e. The van der Waals surface area contributed by atoms with Gasteiger partial charge in [0.2, 0.25) is 0 Å². The molecule has 3 aromatic heterocycles. The highest BCUT2D eigenvalue weighted by molar-refractivity contribution is 7.92. The zero-order valence-electron chi connectivity index (χ0n) is 38.1. The highest BCUT2D eigenvalue weighted by atomic mass is 32.2. The number of morpholine rings is 1. The molecule has 3 saturated carbocycles. The van der Waals surface area contributed by atoms with E-state index in [0.717, 1.165) is 94.7 Å². The van der Waals surface area contributed by atoms with E-state index >= 15 is 0 Å². The monoisotopic (exact) mass is 949 g/mol. The molecule has 18 heteroatoms. The third-order valence-corrected chi connectivity index (χ3v) is 16.7. The first-order chi connectivity index (χ1) is 32.3. The molecule has 5 aliphatic rings. The number of amides is 1. The number of nitroso groups, excluding NO2 is 1. The predicted molar refractivity (Wildman–Crippen MR) is 259 cm³/mol. The number of pyridine rings is 2. The number of hydrogen-bond donors (Lipinski definition) is 3. The van der Waals surface area contributed by atoms with Gasteiger partial charge in [0.15, 0.2) is 11.5 Å². The standard InChI is InChI=1S/C49H59N9O7S2/c1-66(2,61)55-35-11-7-32(8-12-35)28-51-47-43(54-60)25-39(30-53-47)67(62,63)56-48(59)42-14-13-36(24-45(42)65-38-23-34-15-18-50-46(34)52-29-38)57-19-16-49(17-20-57)26-37(27-49)58-21-22-64-31-44(58)41-6-4-3-5-40(41)33-9-10-33/h3-6,13-15,18,23-25,29-30,32-33,35,37,44H,7-12,16-17,19-22,26-28,31H2,1-2H3,(H,50,52)(H,51,53)(H,56,59)/t32?,35?,44-/m1/s1. The number of H-pyrrole nitrogens is 1. The molecule has 0 radical (unpaired) electrons. The Morgan fingerprint density at radius 1 is 0.925 bits per heavy atom. The maximum atomic E-state index is 14.0. The van der Waals surface area contributed by atoms with Crippen LogP contribution in [-0.4, -0.2) is 102 Å². The van der Waals surface area contributed by atoms with Gasteiger partial charge < -0.3 is 24.7 Å². The van der Waals surface area contributed by atoms with Gasteiger partial charge in [0.25, 0.3) is 15.9 Å². The van der Waals surface area contributed by atoms with Gasteiger partial charge in [-0.05, 0) is 128 Å². The van der Waals surface area contributed by atoms with E-state index in [1.807, 2.05) is 12.1 Å². The van der Waals surface area contributed by atoms with Crippen molar-refractivity contribution in [3.05, 3.63) is 101 Å². The van der Waals surface area contributed by atoms with Gasteiger partial charge in [-0.2, -0.15) is 0 Å². The van der Waals surface area contributed by atoms with Crippen LogP contribution in [0, 0.1) is 16.2 Å². The van der Waals surface area contributed by atoms with Gasteiger partial charge in [-0.3, -0.25) is 13.9 Å². The zero-order valence-corrected chi connectivity index (χ0v) is 39.7. The Morgan fingerprint density at radius 2 is 1.70 bits per heavy atom. The summed E-state index contributed by atoms with van der Waals surface area (Å²) in [5, 5.41) is 7.02. The van der Waals surface area contributed by atoms with Crippen molar-refractivity contribution < 1.29 is 26.9 Å². The summed E-state index contributed by atoms with van der Waals surface area (Å²) in [6, 6.07) is 19.9. The SMILES string of the molecule is CS(C)(=O)=NC1CCC(CNc2ncc(S(=O)(=O)NC(=O)c3ccc(N4CCC5(CC4)CC(N4CCOC[C@@H]4c4ccccc4C4CC4)C5)cc3Oc3cnc4[nH]ccc4c3)cc2N=O)CC1. The number of benzene rings is 2. The molecule has 1 amide bonds. The number of ether oxygens (including phenoxy) is 2. The lowest BCUT2D eigenvalue weighted by molar-refractivity contribution is -0.0911. The average molecular weight is 950 g/mol. The van der Waals surface area contributed by atoms with Crippen molar-refractivity contribution >= 4 is 53.9 Å². The molecule has 3 N–H and O–H groups in total. The topological polar surface area (TPSA) is 201 Å². The van der Waals surface area contributed by atoms with Gasteiger partial charge in [-0.1, -0.05) is 24.3 Å². The van der Waals surface area contributed by atoms with Crippen LogP contribution < -0.4 is 19.7 Å². The molecule has 2 aliphatic heterocycles. The van der Waals surface area contributed by atoms with E-state index in [2.05, 4.69) is 68.6 Å². The van der Waals surface area contributed by atoms with Crippen LogP contribution >= 0.6 is 0 Å². The first-order valence-electron chi connectivity index (χ1n) is 23.5. The Labute approximate surface area is 392 Å². The fraction of sp³-hybridized carbons (Fsp3) is 0.490. The van der Waals surface area contributed by atoms with E-state index < -0.39 is 25.7 Å². The molecule has 0 unspecified atom stereocenters. The molecule has 2 aromatic carbocycles. The van der Waals surface area contributed by atoms with Crippen molar-refractivity contribution in [1.82, 2.24) is 24.6 Å². The molecule has 67 heavy (non-hydrogen) atoms. The van der Waals surface area contributed by atoms with Gasteiger partial charge in [-0.25, -0.2) is 27.5 Å². The molecule has 10 rings (SSSR count). The van der Waals surface area contributed by atoms with Crippen LogP contribution in [0.1, 0.15) is 97.7 Å². The summed E-state index contributed by atoms with van der Waals surface area (Å²) in [4.78, 5) is 42.4. The Kier molecular flexibility index (Phi) is 12.6. The number of nitrogens with one attached hydrogen (secondary N) is 3. The van der Waals surface area contributed by atoms with Crippen LogP contribution in [0.15, 0.2) is 93.7 Å². The molecule has 5 heterocycles. The number of aromatic amines is 1. The van der Waals surface area contributed by atoms with Crippen molar-refractivity contribution in [3.8, 4) is 11.5 Å². The number of piperidine rings is 1. The largest absolute Gasteiger partial charge is 0.455 e. The molecule has 5 fully saturated rings. The van der Waals surface area contributed by atoms with E-state index in [0.29, 0.717) is 35.9 Å². The molecule has 16 nitrogen and oxygen atoms in total. The summed E-state index contributed by atoms with van der Waals surface area (Å²) in [5.41, 5.74) is 4.58. The van der Waals surface area contributed by atoms with E-state index in [1.165, 1.54) is 36.8 Å². The molecular formula is C49H59N9O7S2. The summed E-state index contributed by atoms with van der Waals surface area (Å²) < 4.78 is 58.7. The Balaban J connectivity index is 0.814. The van der Waals surface area contributed by atoms with Crippen molar-refractivity contribution in [1.29, 1.82) is 0 Å². The van der Waals surface area contributed by atoms with E-state index in [9.17, 15) is 22.3 Å². The van der Waals surface area contributed by atoms with Gasteiger partial charge in [0.05, 0.1) is 37.1 Å². The second-order valence-corrected chi connectivity index (χ2v) is 23.8. The van der Waals surface area contributed by atoms with Gasteiger partial charge >= 0.3 is 0 Å². The van der Waals surface area contributed by atoms with Gasteiger partial charge in [0, 0.05) is 84.0 Å². The van der Waals surface area contributed by atoms with Crippen LogP contribution in [0.3, 0.4) is 0 Å². The molecular weight excluding hydrogens is 891 g/mol. The fourth-order valence-corrected chi connectivity index (χ4v) is 12.7. The number of carbonyl (C=O) groups is 1. The molecule has 1 atom stereocenters. The highest BCUT2D eigenvalue weighted by Crippen LogP contribution is 2.54. The van der Waals surface area contributed by atoms with Crippen LogP contribution in [0.2, 0.25) is 0 Å². The number of sulfonamides is 1. The van der Waals surface area contributed by atoms with Crippen LogP contribution in [0.5, 0.6) is 11.5 Å². The second-order valence-electron chi connectivity index (χ2n) is 19.6. The number of carbonyl (C=O) groups excluding carboxylic acids is 1. The number of nitrogens with zero attached hydrogens (tertiary/aromatic N) is 6. The van der Waals surface area contributed by atoms with Gasteiger partial charge in [0.1, 0.15) is 22.0 Å². The fourth-order valence-electron chi connectivity index (χ4n) is 10.9. The summed E-state index contributed by atoms with van der Waals surface area (Å²) in [7, 11) is -6.69. The summed E-state index contributed by atoms with van der Waals surface area (Å²) >= 11 is 0. The molecule has 1 spiro atoms. The summed E-state index contributed by atoms with van der Waals surface area (Å²) in [6.07, 6.45) is 18.0. The number of fused-ring (bicyclic) bond motifs is 1. The van der Waals surface area contributed by atoms with Crippen molar-refractivity contribution in [2.75, 3.05) is 62.1 Å². The Hall–Kier alpha value is -5.43. The minimum Gasteiger partial charge on any atom is -0.455 e. The molecule has 0 bridgehead atoms. The van der Waals surface area contributed by atoms with Crippen molar-refractivity contribution in [2.45, 2.75) is 93.1 Å². The van der Waals surface area contributed by atoms with Crippen molar-refractivity contribution in [2.24, 2.45) is 20.9 Å². The molecule has 2 saturated heterocycles. The van der Waals surface area contributed by atoms with E-state index in [-0.39, 0.29) is 45.1 Å². The van der Waals surface area contributed by atoms with Crippen LogP contribution in [-0.2, 0) is 24.5 Å². The lowest BCUT2D eigenvalue weighted by Crippen LogP contribution is -2.58. The zero-order chi connectivity index (χ0) is 46.3. The second kappa shape index (κ2) is 18.6. The average Bonchev–Trinajstić information content (AvgIpc) is 4.06. The summed E-state index contributed by atoms with van der Waals surface area (Å²) in [6.45, 7) is 4.63. The van der Waals surface area contributed by atoms with Crippen LogP contribution in [0.25, 0.3) is 11.0 Å². The number of hydrogen-bond acceptors (Lipinski definition) is 14. The number of anilines is 2. The molecule has 354 valence electrons. The minimum absolute atomic E-state index is 0.00264. The first kappa shape index (κ1) is 45.4. The Bertz CT molecular complexity index is 2880. The summed E-state index contributed by atoms with van der Waals surface area (Å²) in [5.74, 6) is 0.736. The molecule has 3 aliphatic carbocycles. The third kappa shape index (κ3) is 10.1. The molecule has 5 aromatic rings. The maximum Gasteiger partial charge on any atom is 0.268 e. The number of aromatic nitrogens is 3. The van der Waals surface area contributed by atoms with Crippen LogP contribution in [0.4, 0.5) is 17.2 Å². The quantitative estimate of drug-likeness (QED) is 0.0896. The van der Waals surface area contributed by atoms with E-state index in [4.69, 9.17) is 9.47 Å². The highest BCUT2D eigenvalue weighted by Gasteiger charge is 2.50.